The fraction of sp³-hybridized carbons (Fsp3) is 0.241. The number of carboxylic acids is 1. The molecule has 0 saturated carbocycles. The van der Waals surface area contributed by atoms with Crippen LogP contribution in [-0.2, 0) is 15.7 Å². The highest BCUT2D eigenvalue weighted by molar-refractivity contribution is 5.98. The number of ether oxygens (including phenoxy) is 1. The second-order valence-corrected chi connectivity index (χ2v) is 9.55. The molecule has 0 saturated heterocycles. The van der Waals surface area contributed by atoms with Gasteiger partial charge in [0.05, 0.1) is 11.3 Å². The average Bonchev–Trinajstić information content (AvgIpc) is 3.49. The molecule has 1 amide bonds. The molecule has 3 aromatic rings. The molecule has 3 aliphatic rings. The number of carbonyl (C=O) groups excluding carboxylic acids is 1. The number of rotatable bonds is 3. The van der Waals surface area contributed by atoms with Gasteiger partial charge in [-0.15, -0.1) is 0 Å². The zero-order chi connectivity index (χ0) is 25.9. The fourth-order valence-corrected chi connectivity index (χ4v) is 6.15. The summed E-state index contributed by atoms with van der Waals surface area (Å²) >= 11 is 0. The Morgan fingerprint density at radius 1 is 0.919 bits per heavy atom. The Morgan fingerprint density at radius 2 is 1.54 bits per heavy atom. The van der Waals surface area contributed by atoms with Gasteiger partial charge in [0.1, 0.15) is 12.6 Å². The molecule has 3 aromatic carbocycles. The van der Waals surface area contributed by atoms with Crippen LogP contribution in [0.2, 0.25) is 0 Å². The molecule has 0 bridgehead atoms. The number of aliphatic carboxylic acids is 1. The molecule has 0 fully saturated rings. The minimum absolute atomic E-state index is 0.133. The van der Waals surface area contributed by atoms with Crippen molar-refractivity contribution in [2.75, 3.05) is 11.5 Å². The SMILES string of the molecule is O=C(O)[C@@H]1[C@@H]2CC=C[C@@H]2c2cccc(C(F)(F)F)c2N1C(=O)OCC1c2ccccc2-c2ccccc21. The molecule has 5 nitrogen and oxygen atoms in total. The summed E-state index contributed by atoms with van der Waals surface area (Å²) in [5.74, 6) is -2.80. The summed E-state index contributed by atoms with van der Waals surface area (Å²) in [6.45, 7) is -0.133. The summed E-state index contributed by atoms with van der Waals surface area (Å²) in [6, 6.07) is 17.6. The molecule has 0 spiro atoms. The minimum Gasteiger partial charge on any atom is -0.480 e. The van der Waals surface area contributed by atoms with Crippen LogP contribution in [0.25, 0.3) is 11.1 Å². The first-order chi connectivity index (χ1) is 17.8. The predicted octanol–water partition coefficient (Wildman–Crippen LogP) is 6.59. The quantitative estimate of drug-likeness (QED) is 0.408. The van der Waals surface area contributed by atoms with E-state index in [9.17, 15) is 27.9 Å². The number of hydrogen-bond donors (Lipinski definition) is 1. The van der Waals surface area contributed by atoms with Gasteiger partial charge in [-0.1, -0.05) is 72.8 Å². The number of nitrogens with zero attached hydrogens (tertiary/aromatic N) is 1. The number of carboxylic acid groups (broad SMARTS) is 1. The second kappa shape index (κ2) is 8.50. The summed E-state index contributed by atoms with van der Waals surface area (Å²) in [5, 5.41) is 10.1. The van der Waals surface area contributed by atoms with E-state index in [4.69, 9.17) is 4.74 Å². The third kappa shape index (κ3) is 3.62. The Hall–Kier alpha value is -4.07. The van der Waals surface area contributed by atoms with E-state index in [-0.39, 0.29) is 18.1 Å². The Morgan fingerprint density at radius 3 is 2.16 bits per heavy atom. The van der Waals surface area contributed by atoms with E-state index in [1.165, 1.54) is 12.1 Å². The van der Waals surface area contributed by atoms with Gasteiger partial charge in [0, 0.05) is 17.8 Å². The van der Waals surface area contributed by atoms with E-state index in [1.807, 2.05) is 48.5 Å². The normalized spacial score (nSPS) is 21.7. The van der Waals surface area contributed by atoms with Crippen LogP contribution in [0.3, 0.4) is 0 Å². The Balaban J connectivity index is 1.40. The molecule has 1 N–H and O–H groups in total. The predicted molar refractivity (Wildman–Crippen MR) is 130 cm³/mol. The molecule has 0 unspecified atom stereocenters. The first-order valence-electron chi connectivity index (χ1n) is 12.0. The van der Waals surface area contributed by atoms with Crippen molar-refractivity contribution in [3.05, 3.63) is 101 Å². The minimum atomic E-state index is -4.79. The maximum atomic E-state index is 14.1. The van der Waals surface area contributed by atoms with E-state index in [0.29, 0.717) is 6.42 Å². The number of allylic oxidation sites excluding steroid dienone is 2. The van der Waals surface area contributed by atoms with Crippen LogP contribution in [-0.4, -0.2) is 29.8 Å². The summed E-state index contributed by atoms with van der Waals surface area (Å²) in [7, 11) is 0. The number of benzene rings is 3. The van der Waals surface area contributed by atoms with Crippen LogP contribution in [0, 0.1) is 5.92 Å². The van der Waals surface area contributed by atoms with Crippen LogP contribution < -0.4 is 4.90 Å². The molecule has 6 rings (SSSR count). The van der Waals surface area contributed by atoms with Crippen LogP contribution in [0.4, 0.5) is 23.7 Å². The van der Waals surface area contributed by atoms with Gasteiger partial charge in [-0.25, -0.2) is 9.59 Å². The molecular weight excluding hydrogens is 483 g/mol. The lowest BCUT2D eigenvalue weighted by molar-refractivity contribution is -0.141. The van der Waals surface area contributed by atoms with E-state index in [2.05, 4.69) is 0 Å². The molecule has 188 valence electrons. The number of carbonyl (C=O) groups is 2. The van der Waals surface area contributed by atoms with Gasteiger partial charge in [-0.05, 0) is 40.3 Å². The van der Waals surface area contributed by atoms with Gasteiger partial charge in [-0.3, -0.25) is 4.90 Å². The number of alkyl halides is 3. The van der Waals surface area contributed by atoms with Crippen molar-refractivity contribution in [2.24, 2.45) is 5.92 Å². The lowest BCUT2D eigenvalue weighted by atomic mass is 9.77. The van der Waals surface area contributed by atoms with Gasteiger partial charge in [0.15, 0.2) is 0 Å². The van der Waals surface area contributed by atoms with E-state index in [1.54, 1.807) is 12.2 Å². The molecule has 2 aliphatic carbocycles. The first-order valence-corrected chi connectivity index (χ1v) is 12.0. The second-order valence-electron chi connectivity index (χ2n) is 9.55. The number of para-hydroxylation sites is 1. The lowest BCUT2D eigenvalue weighted by Crippen LogP contribution is -2.54. The van der Waals surface area contributed by atoms with Crippen molar-refractivity contribution < 1.29 is 32.6 Å². The van der Waals surface area contributed by atoms with Crippen molar-refractivity contribution in [3.63, 3.8) is 0 Å². The van der Waals surface area contributed by atoms with Gasteiger partial charge in [0.25, 0.3) is 0 Å². The zero-order valence-corrected chi connectivity index (χ0v) is 19.5. The Kier molecular flexibility index (Phi) is 5.36. The summed E-state index contributed by atoms with van der Waals surface area (Å²) in [4.78, 5) is 26.7. The highest BCUT2D eigenvalue weighted by atomic mass is 19.4. The summed E-state index contributed by atoms with van der Waals surface area (Å²) in [6.07, 6.45) is -2.06. The first kappa shape index (κ1) is 23.3. The maximum absolute atomic E-state index is 14.1. The van der Waals surface area contributed by atoms with E-state index >= 15 is 0 Å². The number of fused-ring (bicyclic) bond motifs is 6. The molecule has 37 heavy (non-hydrogen) atoms. The number of halogens is 3. The molecule has 8 heteroatoms. The number of anilines is 1. The van der Waals surface area contributed by atoms with Gasteiger partial charge in [-0.2, -0.15) is 13.2 Å². The zero-order valence-electron chi connectivity index (χ0n) is 19.5. The van der Waals surface area contributed by atoms with Crippen molar-refractivity contribution in [1.29, 1.82) is 0 Å². The maximum Gasteiger partial charge on any atom is 0.418 e. The van der Waals surface area contributed by atoms with Crippen LogP contribution in [0.15, 0.2) is 78.9 Å². The topological polar surface area (TPSA) is 66.8 Å². The average molecular weight is 505 g/mol. The van der Waals surface area contributed by atoms with Gasteiger partial charge < -0.3 is 9.84 Å². The van der Waals surface area contributed by atoms with Gasteiger partial charge in [0.2, 0.25) is 0 Å². The van der Waals surface area contributed by atoms with Crippen molar-refractivity contribution in [1.82, 2.24) is 0 Å². The lowest BCUT2D eigenvalue weighted by Gasteiger charge is -2.42. The molecule has 0 aromatic heterocycles. The standard InChI is InChI=1S/C29H22F3NO4/c30-29(31,32)24-14-6-13-21-20-11-5-12-22(20)26(27(34)35)33(25(21)24)28(36)37-15-23-18-9-3-1-7-16(18)17-8-2-4-10-19(17)23/h1-11,13-14,20,22-23,26H,12,15H2,(H,34,35)/t20-,22-,26+/m1/s1. The van der Waals surface area contributed by atoms with Crippen LogP contribution in [0.5, 0.6) is 0 Å². The summed E-state index contributed by atoms with van der Waals surface area (Å²) in [5.41, 5.74) is 2.69. The van der Waals surface area contributed by atoms with E-state index < -0.39 is 47.4 Å². The third-order valence-electron chi connectivity index (χ3n) is 7.66. The van der Waals surface area contributed by atoms with Crippen molar-refractivity contribution in [2.45, 2.75) is 30.5 Å². The summed E-state index contributed by atoms with van der Waals surface area (Å²) < 4.78 is 48.0. The van der Waals surface area contributed by atoms with Crippen molar-refractivity contribution >= 4 is 17.7 Å². The third-order valence-corrected chi connectivity index (χ3v) is 7.66. The molecular formula is C29H22F3NO4. The monoisotopic (exact) mass is 505 g/mol. The molecule has 1 heterocycles. The Bertz CT molecular complexity index is 1400. The highest BCUT2D eigenvalue weighted by Crippen LogP contribution is 2.52. The largest absolute Gasteiger partial charge is 0.480 e. The van der Waals surface area contributed by atoms with Gasteiger partial charge >= 0.3 is 18.2 Å². The molecule has 3 atom stereocenters. The number of hydrogen-bond acceptors (Lipinski definition) is 3. The van der Waals surface area contributed by atoms with Crippen LogP contribution >= 0.6 is 0 Å². The Labute approximate surface area is 210 Å². The molecule has 1 aliphatic heterocycles. The van der Waals surface area contributed by atoms with Crippen molar-refractivity contribution in [3.8, 4) is 11.1 Å². The van der Waals surface area contributed by atoms with E-state index in [0.717, 1.165) is 33.2 Å². The van der Waals surface area contributed by atoms with Crippen LogP contribution in [0.1, 0.15) is 40.5 Å². The highest BCUT2D eigenvalue weighted by Gasteiger charge is 2.51. The molecule has 0 radical (unpaired) electrons. The number of amides is 1. The fourth-order valence-electron chi connectivity index (χ4n) is 6.15. The smallest absolute Gasteiger partial charge is 0.418 e.